The van der Waals surface area contributed by atoms with Gasteiger partial charge in [0.1, 0.15) is 11.5 Å². The molecule has 5 heteroatoms. The maximum Gasteiger partial charge on any atom is 0.165 e. The van der Waals surface area contributed by atoms with Gasteiger partial charge in [0.05, 0.1) is 13.2 Å². The lowest BCUT2D eigenvalue weighted by molar-refractivity contribution is 0.386. The first-order valence-electron chi connectivity index (χ1n) is 6.56. The van der Waals surface area contributed by atoms with Crippen LogP contribution in [0.2, 0.25) is 0 Å². The van der Waals surface area contributed by atoms with Crippen molar-refractivity contribution >= 4 is 5.69 Å². The molecule has 0 saturated carbocycles. The molecule has 0 radical (unpaired) electrons. The second-order valence-corrected chi connectivity index (χ2v) is 4.44. The van der Waals surface area contributed by atoms with Crippen LogP contribution in [0, 0.1) is 5.82 Å². The van der Waals surface area contributed by atoms with Crippen LogP contribution in [0.1, 0.15) is 24.5 Å². The second kappa shape index (κ2) is 6.43. The summed E-state index contributed by atoms with van der Waals surface area (Å²) in [6, 6.07) is 8.28. The molecule has 0 amide bonds. The van der Waals surface area contributed by atoms with Gasteiger partial charge in [0, 0.05) is 24.7 Å². The zero-order valence-corrected chi connectivity index (χ0v) is 11.7. The molecule has 20 heavy (non-hydrogen) atoms. The number of hydrogen-bond acceptors (Lipinski definition) is 4. The molecule has 1 heterocycles. The van der Waals surface area contributed by atoms with Crippen molar-refractivity contribution in [3.8, 4) is 5.75 Å². The van der Waals surface area contributed by atoms with E-state index in [1.807, 2.05) is 19.1 Å². The van der Waals surface area contributed by atoms with Crippen LogP contribution in [0.3, 0.4) is 0 Å². The molecule has 1 aromatic carbocycles. The standard InChI is InChI=1S/C15H19FN2O2/c1-3-11-5-7-14(20-11)13(9-17)18-10-4-6-12(16)15(8-10)19-2/h4-8,13,18H,3,9,17H2,1-2H3. The monoisotopic (exact) mass is 278 g/mol. The highest BCUT2D eigenvalue weighted by molar-refractivity contribution is 5.50. The third-order valence-electron chi connectivity index (χ3n) is 3.10. The highest BCUT2D eigenvalue weighted by Crippen LogP contribution is 2.25. The Morgan fingerprint density at radius 2 is 2.15 bits per heavy atom. The van der Waals surface area contributed by atoms with Crippen molar-refractivity contribution in [2.24, 2.45) is 5.73 Å². The smallest absolute Gasteiger partial charge is 0.165 e. The second-order valence-electron chi connectivity index (χ2n) is 4.44. The van der Waals surface area contributed by atoms with Crippen molar-refractivity contribution in [1.82, 2.24) is 0 Å². The van der Waals surface area contributed by atoms with Crippen molar-refractivity contribution in [1.29, 1.82) is 0 Å². The number of anilines is 1. The van der Waals surface area contributed by atoms with Crippen molar-refractivity contribution < 1.29 is 13.5 Å². The van der Waals surface area contributed by atoms with Crippen LogP contribution in [0.25, 0.3) is 0 Å². The zero-order chi connectivity index (χ0) is 14.5. The first-order chi connectivity index (χ1) is 9.67. The van der Waals surface area contributed by atoms with E-state index < -0.39 is 5.82 Å². The molecule has 2 rings (SSSR count). The molecular formula is C15H19FN2O2. The molecule has 1 unspecified atom stereocenters. The van der Waals surface area contributed by atoms with Gasteiger partial charge in [-0.05, 0) is 24.3 Å². The molecule has 0 fully saturated rings. The third kappa shape index (κ3) is 3.11. The number of nitrogens with one attached hydrogen (secondary N) is 1. The van der Waals surface area contributed by atoms with Crippen molar-refractivity contribution in [2.45, 2.75) is 19.4 Å². The number of rotatable bonds is 6. The number of nitrogens with two attached hydrogens (primary N) is 1. The Kier molecular flexibility index (Phi) is 4.63. The first-order valence-corrected chi connectivity index (χ1v) is 6.56. The van der Waals surface area contributed by atoms with Gasteiger partial charge in [-0.15, -0.1) is 0 Å². The maximum absolute atomic E-state index is 13.4. The van der Waals surface area contributed by atoms with Gasteiger partial charge in [0.25, 0.3) is 0 Å². The molecule has 0 aliphatic rings. The first kappa shape index (κ1) is 14.4. The lowest BCUT2D eigenvalue weighted by Crippen LogP contribution is -2.20. The van der Waals surface area contributed by atoms with E-state index >= 15 is 0 Å². The molecule has 108 valence electrons. The number of methoxy groups -OCH3 is 1. The summed E-state index contributed by atoms with van der Waals surface area (Å²) in [6.07, 6.45) is 0.835. The average Bonchev–Trinajstić information content (AvgIpc) is 2.95. The molecule has 3 N–H and O–H groups in total. The fraction of sp³-hybridized carbons (Fsp3) is 0.333. The van der Waals surface area contributed by atoms with E-state index in [1.165, 1.54) is 13.2 Å². The average molecular weight is 278 g/mol. The number of aryl methyl sites for hydroxylation is 1. The minimum Gasteiger partial charge on any atom is -0.494 e. The summed E-state index contributed by atoms with van der Waals surface area (Å²) in [6.45, 7) is 2.40. The number of furan rings is 1. The SMILES string of the molecule is CCc1ccc(C(CN)Nc2ccc(F)c(OC)c2)o1. The van der Waals surface area contributed by atoms with Crippen LogP contribution >= 0.6 is 0 Å². The highest BCUT2D eigenvalue weighted by Gasteiger charge is 2.14. The molecule has 0 saturated heterocycles. The van der Waals surface area contributed by atoms with Crippen molar-refractivity contribution in [3.05, 3.63) is 47.7 Å². The molecule has 4 nitrogen and oxygen atoms in total. The van der Waals surface area contributed by atoms with Gasteiger partial charge in [0.2, 0.25) is 0 Å². The summed E-state index contributed by atoms with van der Waals surface area (Å²) in [7, 11) is 1.43. The Balaban J connectivity index is 2.17. The molecule has 0 bridgehead atoms. The van der Waals surface area contributed by atoms with Gasteiger partial charge in [0.15, 0.2) is 11.6 Å². The van der Waals surface area contributed by atoms with Gasteiger partial charge in [-0.25, -0.2) is 4.39 Å². The number of hydrogen-bond donors (Lipinski definition) is 2. The van der Waals surface area contributed by atoms with Crippen molar-refractivity contribution in [3.63, 3.8) is 0 Å². The van der Waals surface area contributed by atoms with Crippen molar-refractivity contribution in [2.75, 3.05) is 19.0 Å². The van der Waals surface area contributed by atoms with Crippen LogP contribution in [-0.2, 0) is 6.42 Å². The van der Waals surface area contributed by atoms with Gasteiger partial charge in [-0.2, -0.15) is 0 Å². The Hall–Kier alpha value is -2.01. The predicted octanol–water partition coefficient (Wildman–Crippen LogP) is 3.10. The van der Waals surface area contributed by atoms with Crippen LogP contribution in [0.5, 0.6) is 5.75 Å². The normalized spacial score (nSPS) is 12.2. The summed E-state index contributed by atoms with van der Waals surface area (Å²) in [4.78, 5) is 0. The maximum atomic E-state index is 13.4. The third-order valence-corrected chi connectivity index (χ3v) is 3.10. The van der Waals surface area contributed by atoms with Crippen LogP contribution in [-0.4, -0.2) is 13.7 Å². The predicted molar refractivity (Wildman–Crippen MR) is 76.5 cm³/mol. The molecule has 0 spiro atoms. The molecule has 2 aromatic rings. The lowest BCUT2D eigenvalue weighted by atomic mass is 10.2. The Bertz CT molecular complexity index is 569. The van der Waals surface area contributed by atoms with Gasteiger partial charge in [-0.3, -0.25) is 0 Å². The molecule has 1 aromatic heterocycles. The van der Waals surface area contributed by atoms with E-state index in [0.717, 1.165) is 23.6 Å². The van der Waals surface area contributed by atoms with Gasteiger partial charge < -0.3 is 20.2 Å². The van der Waals surface area contributed by atoms with Crippen LogP contribution in [0.15, 0.2) is 34.7 Å². The van der Waals surface area contributed by atoms with E-state index in [-0.39, 0.29) is 11.8 Å². The quantitative estimate of drug-likeness (QED) is 0.852. The van der Waals surface area contributed by atoms with E-state index in [2.05, 4.69) is 5.32 Å². The van der Waals surface area contributed by atoms with E-state index in [0.29, 0.717) is 6.54 Å². The Morgan fingerprint density at radius 1 is 1.35 bits per heavy atom. The highest BCUT2D eigenvalue weighted by atomic mass is 19.1. The van der Waals surface area contributed by atoms with Crippen LogP contribution in [0.4, 0.5) is 10.1 Å². The Morgan fingerprint density at radius 3 is 2.75 bits per heavy atom. The largest absolute Gasteiger partial charge is 0.494 e. The summed E-state index contributed by atoms with van der Waals surface area (Å²) in [5.41, 5.74) is 6.51. The minimum absolute atomic E-state index is 0.162. The van der Waals surface area contributed by atoms with E-state index in [9.17, 15) is 4.39 Å². The molecule has 0 aliphatic heterocycles. The topological polar surface area (TPSA) is 60.4 Å². The number of halogens is 1. The summed E-state index contributed by atoms with van der Waals surface area (Å²) in [5.74, 6) is 1.48. The zero-order valence-electron chi connectivity index (χ0n) is 11.7. The van der Waals surface area contributed by atoms with Gasteiger partial charge in [-0.1, -0.05) is 6.92 Å². The Labute approximate surface area is 117 Å². The van der Waals surface area contributed by atoms with Crippen LogP contribution < -0.4 is 15.8 Å². The minimum atomic E-state index is -0.395. The summed E-state index contributed by atoms with van der Waals surface area (Å²) >= 11 is 0. The molecule has 0 aliphatic carbocycles. The van der Waals surface area contributed by atoms with E-state index in [1.54, 1.807) is 12.1 Å². The molecule has 1 atom stereocenters. The van der Waals surface area contributed by atoms with Gasteiger partial charge >= 0.3 is 0 Å². The number of ether oxygens (including phenoxy) is 1. The summed E-state index contributed by atoms with van der Waals surface area (Å²) < 4.78 is 24.0. The fourth-order valence-corrected chi connectivity index (χ4v) is 1.97. The summed E-state index contributed by atoms with van der Waals surface area (Å²) in [5, 5.41) is 3.22. The van der Waals surface area contributed by atoms with E-state index in [4.69, 9.17) is 14.9 Å². The molecular weight excluding hydrogens is 259 g/mol. The fourth-order valence-electron chi connectivity index (χ4n) is 1.97. The lowest BCUT2D eigenvalue weighted by Gasteiger charge is -2.16. The number of benzene rings is 1.